The van der Waals surface area contributed by atoms with Crippen LogP contribution in [0.4, 0.5) is 5.82 Å². The van der Waals surface area contributed by atoms with Gasteiger partial charge in [0.2, 0.25) is 0 Å². The van der Waals surface area contributed by atoms with Gasteiger partial charge in [0.15, 0.2) is 5.69 Å². The van der Waals surface area contributed by atoms with Crippen LogP contribution in [0.25, 0.3) is 5.69 Å². The van der Waals surface area contributed by atoms with Crippen LogP contribution in [0.2, 0.25) is 5.02 Å². The van der Waals surface area contributed by atoms with Crippen LogP contribution in [0, 0.1) is 0 Å². The maximum atomic E-state index is 12.6. The number of benzene rings is 1. The third-order valence-corrected chi connectivity index (χ3v) is 4.60. The summed E-state index contributed by atoms with van der Waals surface area (Å²) in [6.45, 7) is 1.90. The van der Waals surface area contributed by atoms with Gasteiger partial charge in [-0.2, -0.15) is 5.10 Å². The second-order valence-electron chi connectivity index (χ2n) is 6.13. The van der Waals surface area contributed by atoms with Crippen LogP contribution in [-0.4, -0.2) is 43.8 Å². The van der Waals surface area contributed by atoms with Crippen LogP contribution in [0.1, 0.15) is 29.4 Å². The third kappa shape index (κ3) is 4.29. The van der Waals surface area contributed by atoms with Crippen molar-refractivity contribution in [1.82, 2.24) is 30.1 Å². The van der Waals surface area contributed by atoms with Crippen molar-refractivity contribution >= 4 is 35.7 Å². The van der Waals surface area contributed by atoms with Gasteiger partial charge in [0, 0.05) is 11.1 Å². The molecular formula is C17H19Cl2N7O. The second-order valence-corrected chi connectivity index (χ2v) is 6.56. The van der Waals surface area contributed by atoms with Crippen LogP contribution >= 0.6 is 24.0 Å². The van der Waals surface area contributed by atoms with E-state index in [9.17, 15) is 4.79 Å². The minimum atomic E-state index is -0.325. The lowest BCUT2D eigenvalue weighted by atomic mass is 10.1. The van der Waals surface area contributed by atoms with E-state index < -0.39 is 0 Å². The van der Waals surface area contributed by atoms with Crippen LogP contribution < -0.4 is 10.6 Å². The number of hydrogen-bond acceptors (Lipinski definition) is 5. The number of carbonyl (C=O) groups is 1. The predicted molar refractivity (Wildman–Crippen MR) is 105 cm³/mol. The number of carbonyl (C=O) groups excluding carboxylic acids is 1. The van der Waals surface area contributed by atoms with Crippen LogP contribution in [0.5, 0.6) is 0 Å². The van der Waals surface area contributed by atoms with E-state index in [-0.39, 0.29) is 30.0 Å². The standard InChI is InChI=1S/C17H18ClN7O.ClH/c18-12-2-1-3-14(10-12)25-16(6-9-20-25)21-17(26)15-11-24(23-22-15)13-4-7-19-8-5-13;/h1-3,6,9-11,13,19H,4-5,7-8H2,(H,21,26);1H. The molecule has 1 aliphatic heterocycles. The van der Waals surface area contributed by atoms with Gasteiger partial charge >= 0.3 is 0 Å². The molecule has 1 aliphatic rings. The first-order valence-corrected chi connectivity index (χ1v) is 8.82. The summed E-state index contributed by atoms with van der Waals surface area (Å²) in [5.74, 6) is 0.211. The largest absolute Gasteiger partial charge is 0.317 e. The zero-order chi connectivity index (χ0) is 17.9. The molecule has 1 amide bonds. The molecule has 3 aromatic rings. The number of rotatable bonds is 4. The molecule has 0 saturated carbocycles. The lowest BCUT2D eigenvalue weighted by Crippen LogP contribution is -2.29. The van der Waals surface area contributed by atoms with E-state index in [1.54, 1.807) is 40.0 Å². The lowest BCUT2D eigenvalue weighted by molar-refractivity contribution is 0.102. The highest BCUT2D eigenvalue weighted by Gasteiger charge is 2.19. The van der Waals surface area contributed by atoms with Crippen LogP contribution in [0.3, 0.4) is 0 Å². The number of anilines is 1. The smallest absolute Gasteiger partial charge is 0.278 e. The maximum Gasteiger partial charge on any atom is 0.278 e. The molecule has 0 unspecified atom stereocenters. The number of amides is 1. The molecule has 142 valence electrons. The highest BCUT2D eigenvalue weighted by molar-refractivity contribution is 6.30. The molecule has 27 heavy (non-hydrogen) atoms. The number of aromatic nitrogens is 5. The van der Waals surface area contributed by atoms with Gasteiger partial charge in [0.25, 0.3) is 5.91 Å². The van der Waals surface area contributed by atoms with Crippen molar-refractivity contribution in [3.63, 3.8) is 0 Å². The van der Waals surface area contributed by atoms with Gasteiger partial charge in [0.05, 0.1) is 24.1 Å². The number of nitrogens with zero attached hydrogens (tertiary/aromatic N) is 5. The van der Waals surface area contributed by atoms with Crippen molar-refractivity contribution in [2.45, 2.75) is 18.9 Å². The van der Waals surface area contributed by atoms with Gasteiger partial charge in [-0.1, -0.05) is 22.9 Å². The normalized spacial score (nSPS) is 14.6. The summed E-state index contributed by atoms with van der Waals surface area (Å²) >= 11 is 6.04. The average molecular weight is 408 g/mol. The number of halogens is 2. The molecular weight excluding hydrogens is 389 g/mol. The van der Waals surface area contributed by atoms with Crippen molar-refractivity contribution in [2.75, 3.05) is 18.4 Å². The first-order chi connectivity index (χ1) is 12.7. The molecule has 0 radical (unpaired) electrons. The zero-order valence-electron chi connectivity index (χ0n) is 14.4. The Labute approximate surface area is 167 Å². The molecule has 4 rings (SSSR count). The monoisotopic (exact) mass is 407 g/mol. The summed E-state index contributed by atoms with van der Waals surface area (Å²) in [6, 6.07) is 9.25. The van der Waals surface area contributed by atoms with Crippen molar-refractivity contribution in [3.05, 3.63) is 53.4 Å². The van der Waals surface area contributed by atoms with E-state index in [2.05, 4.69) is 26.0 Å². The molecule has 0 aliphatic carbocycles. The van der Waals surface area contributed by atoms with E-state index in [1.807, 2.05) is 12.1 Å². The molecule has 0 bridgehead atoms. The zero-order valence-corrected chi connectivity index (χ0v) is 16.0. The quantitative estimate of drug-likeness (QED) is 0.693. The summed E-state index contributed by atoms with van der Waals surface area (Å²) in [4.78, 5) is 12.6. The number of hydrogen-bond donors (Lipinski definition) is 2. The van der Waals surface area contributed by atoms with Crippen LogP contribution in [0.15, 0.2) is 42.7 Å². The van der Waals surface area contributed by atoms with E-state index in [0.717, 1.165) is 31.6 Å². The molecule has 8 nitrogen and oxygen atoms in total. The lowest BCUT2D eigenvalue weighted by Gasteiger charge is -2.22. The van der Waals surface area contributed by atoms with E-state index in [1.165, 1.54) is 0 Å². The highest BCUT2D eigenvalue weighted by Crippen LogP contribution is 2.20. The Bertz CT molecular complexity index is 917. The van der Waals surface area contributed by atoms with E-state index in [0.29, 0.717) is 10.8 Å². The van der Waals surface area contributed by atoms with Crippen molar-refractivity contribution in [1.29, 1.82) is 0 Å². The minimum absolute atomic E-state index is 0. The van der Waals surface area contributed by atoms with E-state index in [4.69, 9.17) is 11.6 Å². The van der Waals surface area contributed by atoms with Gasteiger partial charge in [-0.05, 0) is 44.1 Å². The SMILES string of the molecule is Cl.O=C(Nc1ccnn1-c1cccc(Cl)c1)c1cn(C2CCNCC2)nn1. The Kier molecular flexibility index (Phi) is 6.10. The number of piperidine rings is 1. The average Bonchev–Trinajstić information content (AvgIpc) is 3.32. The molecule has 1 saturated heterocycles. The Morgan fingerprint density at radius 2 is 2.07 bits per heavy atom. The molecule has 2 aromatic heterocycles. The van der Waals surface area contributed by atoms with Crippen LogP contribution in [-0.2, 0) is 0 Å². The van der Waals surface area contributed by atoms with Crippen molar-refractivity contribution < 1.29 is 4.79 Å². The molecule has 2 N–H and O–H groups in total. The highest BCUT2D eigenvalue weighted by atomic mass is 35.5. The Balaban J connectivity index is 0.00000210. The fraction of sp³-hybridized carbons (Fsp3) is 0.294. The maximum absolute atomic E-state index is 12.6. The summed E-state index contributed by atoms with van der Waals surface area (Å²) in [7, 11) is 0. The predicted octanol–water partition coefficient (Wildman–Crippen LogP) is 2.72. The van der Waals surface area contributed by atoms with Crippen molar-refractivity contribution in [2.24, 2.45) is 0 Å². The Morgan fingerprint density at radius 3 is 2.85 bits per heavy atom. The third-order valence-electron chi connectivity index (χ3n) is 4.36. The minimum Gasteiger partial charge on any atom is -0.317 e. The van der Waals surface area contributed by atoms with Gasteiger partial charge in [-0.15, -0.1) is 17.5 Å². The summed E-state index contributed by atoms with van der Waals surface area (Å²) in [6.07, 6.45) is 5.27. The fourth-order valence-electron chi connectivity index (χ4n) is 3.02. The van der Waals surface area contributed by atoms with Gasteiger partial charge in [-0.3, -0.25) is 4.79 Å². The fourth-order valence-corrected chi connectivity index (χ4v) is 3.21. The van der Waals surface area contributed by atoms with Crippen molar-refractivity contribution in [3.8, 4) is 5.69 Å². The van der Waals surface area contributed by atoms with E-state index >= 15 is 0 Å². The topological polar surface area (TPSA) is 89.7 Å². The summed E-state index contributed by atoms with van der Waals surface area (Å²) in [5.41, 5.74) is 1.04. The van der Waals surface area contributed by atoms with Gasteiger partial charge in [0.1, 0.15) is 5.82 Å². The second kappa shape index (κ2) is 8.51. The molecule has 1 aromatic carbocycles. The Morgan fingerprint density at radius 1 is 1.26 bits per heavy atom. The molecule has 10 heteroatoms. The molecule has 1 fully saturated rings. The summed E-state index contributed by atoms with van der Waals surface area (Å²) in [5, 5.41) is 19.1. The molecule has 3 heterocycles. The number of nitrogens with one attached hydrogen (secondary N) is 2. The summed E-state index contributed by atoms with van der Waals surface area (Å²) < 4.78 is 3.39. The molecule has 0 spiro atoms. The van der Waals surface area contributed by atoms with Gasteiger partial charge < -0.3 is 10.6 Å². The molecule has 0 atom stereocenters. The van der Waals surface area contributed by atoms with Gasteiger partial charge in [-0.25, -0.2) is 9.36 Å². The Hall–Kier alpha value is -2.42. The first kappa shape index (κ1) is 19.3. The first-order valence-electron chi connectivity index (χ1n) is 8.44.